The van der Waals surface area contributed by atoms with Gasteiger partial charge < -0.3 is 4.90 Å². The van der Waals surface area contributed by atoms with E-state index in [-0.39, 0.29) is 11.7 Å². The van der Waals surface area contributed by atoms with Crippen LogP contribution in [0, 0.1) is 0 Å². The van der Waals surface area contributed by atoms with Gasteiger partial charge >= 0.3 is 0 Å². The van der Waals surface area contributed by atoms with Gasteiger partial charge in [-0.15, -0.1) is 0 Å². The molecule has 0 bridgehead atoms. The predicted molar refractivity (Wildman–Crippen MR) is 85.4 cm³/mol. The van der Waals surface area contributed by atoms with E-state index in [1.807, 2.05) is 37.4 Å². The molecule has 1 aliphatic carbocycles. The Kier molecular flexibility index (Phi) is 2.41. The maximum absolute atomic E-state index is 12.7. The molecule has 104 valence electrons. The number of benzene rings is 2. The van der Waals surface area contributed by atoms with Crippen molar-refractivity contribution in [2.45, 2.75) is 18.4 Å². The smallest absolute Gasteiger partial charge is 0.182 e. The minimum absolute atomic E-state index is 0.119. The first-order valence-corrected chi connectivity index (χ1v) is 7.28. The summed E-state index contributed by atoms with van der Waals surface area (Å²) in [6.07, 6.45) is 1.84. The summed E-state index contributed by atoms with van der Waals surface area (Å²) < 4.78 is 0. The second-order valence-corrected chi connectivity index (χ2v) is 6.03. The normalized spacial score (nSPS) is 26.6. The van der Waals surface area contributed by atoms with Crippen LogP contribution in [-0.2, 0) is 4.79 Å². The van der Waals surface area contributed by atoms with Gasteiger partial charge in [0.15, 0.2) is 5.78 Å². The Morgan fingerprint density at radius 3 is 2.43 bits per heavy atom. The zero-order valence-corrected chi connectivity index (χ0v) is 12.2. The van der Waals surface area contributed by atoms with Crippen molar-refractivity contribution in [1.82, 2.24) is 0 Å². The molecule has 0 amide bonds. The molecule has 2 nitrogen and oxygen atoms in total. The molecular formula is C19H17NO. The summed E-state index contributed by atoms with van der Waals surface area (Å²) >= 11 is 0. The standard InChI is InChI=1S/C19H17NO/c1-19-17(21)12-15(13-8-4-3-5-9-13)18(19)14-10-6-7-11-16(14)20(19)2/h3-12,18H,1-2H3/t18-,19+/m1/s1. The van der Waals surface area contributed by atoms with Crippen molar-refractivity contribution >= 4 is 17.0 Å². The van der Waals surface area contributed by atoms with Crippen LogP contribution >= 0.6 is 0 Å². The van der Waals surface area contributed by atoms with E-state index < -0.39 is 5.54 Å². The van der Waals surface area contributed by atoms with Crippen LogP contribution in [0.1, 0.15) is 24.0 Å². The first-order chi connectivity index (χ1) is 10.1. The lowest BCUT2D eigenvalue weighted by Crippen LogP contribution is -2.47. The molecule has 2 atom stereocenters. The van der Waals surface area contributed by atoms with Crippen LogP contribution in [-0.4, -0.2) is 18.4 Å². The average molecular weight is 275 g/mol. The van der Waals surface area contributed by atoms with E-state index in [1.165, 1.54) is 11.3 Å². The van der Waals surface area contributed by atoms with Gasteiger partial charge in [0.1, 0.15) is 5.54 Å². The van der Waals surface area contributed by atoms with Crippen LogP contribution in [0.15, 0.2) is 60.7 Å². The van der Waals surface area contributed by atoms with Crippen LogP contribution < -0.4 is 4.90 Å². The molecule has 21 heavy (non-hydrogen) atoms. The number of nitrogens with zero attached hydrogens (tertiary/aromatic N) is 1. The molecule has 0 fully saturated rings. The Hall–Kier alpha value is -2.35. The SMILES string of the molecule is CN1c2ccccc2[C@@H]2C(c3ccccc3)=CC(=O)[C@@]21C. The molecule has 0 unspecified atom stereocenters. The molecule has 0 spiro atoms. The molecule has 2 aromatic carbocycles. The highest BCUT2D eigenvalue weighted by atomic mass is 16.1. The van der Waals surface area contributed by atoms with E-state index in [4.69, 9.17) is 0 Å². The van der Waals surface area contributed by atoms with Gasteiger partial charge in [-0.25, -0.2) is 0 Å². The van der Waals surface area contributed by atoms with Gasteiger partial charge in [-0.05, 0) is 35.8 Å². The quantitative estimate of drug-likeness (QED) is 0.792. The first kappa shape index (κ1) is 12.4. The summed E-state index contributed by atoms with van der Waals surface area (Å²) in [5, 5.41) is 0. The Morgan fingerprint density at radius 1 is 1.00 bits per heavy atom. The lowest BCUT2D eigenvalue weighted by molar-refractivity contribution is -0.118. The number of ketones is 1. The zero-order chi connectivity index (χ0) is 14.6. The average Bonchev–Trinajstić information content (AvgIpc) is 2.92. The number of hydrogen-bond donors (Lipinski definition) is 0. The van der Waals surface area contributed by atoms with Crippen molar-refractivity contribution in [2.24, 2.45) is 0 Å². The minimum atomic E-state index is -0.491. The fourth-order valence-corrected chi connectivity index (χ4v) is 3.81. The lowest BCUT2D eigenvalue weighted by Gasteiger charge is -2.33. The van der Waals surface area contributed by atoms with Crippen LogP contribution in [0.2, 0.25) is 0 Å². The Morgan fingerprint density at radius 2 is 1.67 bits per heavy atom. The van der Waals surface area contributed by atoms with Gasteiger partial charge in [0.2, 0.25) is 0 Å². The highest BCUT2D eigenvalue weighted by molar-refractivity contribution is 6.14. The fourth-order valence-electron chi connectivity index (χ4n) is 3.81. The van der Waals surface area contributed by atoms with Gasteiger partial charge in [-0.2, -0.15) is 0 Å². The third-order valence-corrected chi connectivity index (χ3v) is 5.07. The molecule has 0 saturated carbocycles. The van der Waals surface area contributed by atoms with Crippen molar-refractivity contribution in [1.29, 1.82) is 0 Å². The topological polar surface area (TPSA) is 20.3 Å². The molecule has 2 aromatic rings. The highest BCUT2D eigenvalue weighted by Gasteiger charge is 2.55. The summed E-state index contributed by atoms with van der Waals surface area (Å²) in [6, 6.07) is 18.6. The summed E-state index contributed by atoms with van der Waals surface area (Å²) in [4.78, 5) is 14.9. The number of carbonyl (C=O) groups is 1. The summed E-state index contributed by atoms with van der Waals surface area (Å²) in [5.74, 6) is 0.318. The Bertz CT molecular complexity index is 762. The van der Waals surface area contributed by atoms with E-state index in [2.05, 4.69) is 42.2 Å². The fraction of sp³-hybridized carbons (Fsp3) is 0.211. The number of hydrogen-bond acceptors (Lipinski definition) is 2. The molecule has 1 aliphatic heterocycles. The number of anilines is 1. The van der Waals surface area contributed by atoms with E-state index in [9.17, 15) is 4.79 Å². The number of rotatable bonds is 1. The molecule has 2 aliphatic rings. The summed E-state index contributed by atoms with van der Waals surface area (Å²) in [7, 11) is 2.03. The van der Waals surface area contributed by atoms with Crippen LogP contribution in [0.25, 0.3) is 5.57 Å². The molecule has 2 heteroatoms. The Balaban J connectivity index is 1.95. The van der Waals surface area contributed by atoms with Crippen molar-refractivity contribution in [2.75, 3.05) is 11.9 Å². The summed E-state index contributed by atoms with van der Waals surface area (Å²) in [5.41, 5.74) is 4.21. The van der Waals surface area contributed by atoms with Gasteiger partial charge in [0, 0.05) is 18.7 Å². The largest absolute Gasteiger partial charge is 0.361 e. The molecule has 0 aromatic heterocycles. The van der Waals surface area contributed by atoms with Gasteiger partial charge in [0.05, 0.1) is 0 Å². The van der Waals surface area contributed by atoms with Crippen LogP contribution in [0.3, 0.4) is 0 Å². The van der Waals surface area contributed by atoms with Gasteiger partial charge in [-0.3, -0.25) is 4.79 Å². The second-order valence-electron chi connectivity index (χ2n) is 6.03. The monoisotopic (exact) mass is 275 g/mol. The maximum atomic E-state index is 12.7. The molecule has 0 radical (unpaired) electrons. The van der Waals surface area contributed by atoms with Crippen molar-refractivity contribution in [3.8, 4) is 0 Å². The predicted octanol–water partition coefficient (Wildman–Crippen LogP) is 3.65. The van der Waals surface area contributed by atoms with E-state index in [0.717, 1.165) is 11.1 Å². The number of fused-ring (bicyclic) bond motifs is 3. The third-order valence-electron chi connectivity index (χ3n) is 5.07. The molecule has 1 heterocycles. The third kappa shape index (κ3) is 1.45. The number of likely N-dealkylation sites (N-methyl/N-ethyl adjacent to an activating group) is 1. The van der Waals surface area contributed by atoms with Crippen LogP contribution in [0.4, 0.5) is 5.69 Å². The molecular weight excluding hydrogens is 258 g/mol. The van der Waals surface area contributed by atoms with Crippen molar-refractivity contribution in [3.05, 3.63) is 71.8 Å². The van der Waals surface area contributed by atoms with Gasteiger partial charge in [0.25, 0.3) is 0 Å². The number of para-hydroxylation sites is 1. The summed E-state index contributed by atoms with van der Waals surface area (Å²) in [6.45, 7) is 2.06. The van der Waals surface area contributed by atoms with E-state index in [1.54, 1.807) is 0 Å². The van der Waals surface area contributed by atoms with E-state index >= 15 is 0 Å². The van der Waals surface area contributed by atoms with Crippen molar-refractivity contribution < 1.29 is 4.79 Å². The highest BCUT2D eigenvalue weighted by Crippen LogP contribution is 2.56. The lowest BCUT2D eigenvalue weighted by atomic mass is 9.80. The maximum Gasteiger partial charge on any atom is 0.182 e. The first-order valence-electron chi connectivity index (χ1n) is 7.28. The minimum Gasteiger partial charge on any atom is -0.361 e. The molecule has 4 rings (SSSR count). The second kappa shape index (κ2) is 4.08. The molecule has 0 N–H and O–H groups in total. The Labute approximate surface area is 124 Å². The van der Waals surface area contributed by atoms with Crippen LogP contribution in [0.5, 0.6) is 0 Å². The van der Waals surface area contributed by atoms with Crippen molar-refractivity contribution in [3.63, 3.8) is 0 Å². The zero-order valence-electron chi connectivity index (χ0n) is 12.2. The number of carbonyl (C=O) groups excluding carboxylic acids is 1. The molecule has 0 saturated heterocycles. The van der Waals surface area contributed by atoms with E-state index in [0.29, 0.717) is 0 Å². The van der Waals surface area contributed by atoms with Gasteiger partial charge in [-0.1, -0.05) is 48.5 Å².